The Morgan fingerprint density at radius 1 is 1.06 bits per heavy atom. The molecule has 0 aliphatic carbocycles. The Hall–Kier alpha value is -0.890. The predicted octanol–water partition coefficient (Wildman–Crippen LogP) is 4.07. The van der Waals surface area contributed by atoms with Gasteiger partial charge in [0.25, 0.3) is 0 Å². The van der Waals surface area contributed by atoms with E-state index in [1.807, 2.05) is 18.2 Å². The quantitative estimate of drug-likeness (QED) is 0.740. The summed E-state index contributed by atoms with van der Waals surface area (Å²) >= 11 is 6.42. The van der Waals surface area contributed by atoms with E-state index in [0.717, 1.165) is 17.1 Å². The third kappa shape index (κ3) is 3.29. The molecule has 0 N–H and O–H groups in total. The molecule has 0 bridgehead atoms. The molecule has 0 saturated heterocycles. The number of halogens is 1. The number of methoxy groups -OCH3 is 2. The first-order valence-electron chi connectivity index (χ1n) is 5.87. The maximum absolute atomic E-state index is 6.42. The first-order chi connectivity index (χ1) is 8.01. The summed E-state index contributed by atoms with van der Waals surface area (Å²) in [5.74, 6) is 2.31. The molecule has 0 radical (unpaired) electrons. The van der Waals surface area contributed by atoms with Crippen LogP contribution in [0.5, 0.6) is 11.5 Å². The number of ether oxygens (including phenoxy) is 2. The molecule has 0 amide bonds. The SMILES string of the molecule is COc1ccc(C(C)C(Cl)C(C)C)c(OC)c1. The number of rotatable bonds is 5. The molecule has 2 atom stereocenters. The average molecular weight is 257 g/mol. The molecule has 96 valence electrons. The Labute approximate surface area is 109 Å². The van der Waals surface area contributed by atoms with Crippen molar-refractivity contribution in [3.63, 3.8) is 0 Å². The average Bonchev–Trinajstić information content (AvgIpc) is 2.35. The topological polar surface area (TPSA) is 18.5 Å². The second kappa shape index (κ2) is 6.15. The van der Waals surface area contributed by atoms with E-state index in [9.17, 15) is 0 Å². The second-order valence-corrected chi connectivity index (χ2v) is 5.09. The van der Waals surface area contributed by atoms with Gasteiger partial charge in [-0.2, -0.15) is 0 Å². The van der Waals surface area contributed by atoms with Gasteiger partial charge in [-0.05, 0) is 17.5 Å². The normalized spacial score (nSPS) is 14.5. The van der Waals surface area contributed by atoms with Gasteiger partial charge in [-0.1, -0.05) is 26.8 Å². The van der Waals surface area contributed by atoms with Gasteiger partial charge in [-0.3, -0.25) is 0 Å². The van der Waals surface area contributed by atoms with Crippen molar-refractivity contribution in [1.82, 2.24) is 0 Å². The number of hydrogen-bond donors (Lipinski definition) is 0. The summed E-state index contributed by atoms with van der Waals surface area (Å²) in [5.41, 5.74) is 1.13. The summed E-state index contributed by atoms with van der Waals surface area (Å²) in [5, 5.41) is 0.0947. The largest absolute Gasteiger partial charge is 0.497 e. The summed E-state index contributed by atoms with van der Waals surface area (Å²) in [6.07, 6.45) is 0. The molecular weight excluding hydrogens is 236 g/mol. The van der Waals surface area contributed by atoms with Crippen LogP contribution >= 0.6 is 11.6 Å². The van der Waals surface area contributed by atoms with Gasteiger partial charge in [-0.25, -0.2) is 0 Å². The lowest BCUT2D eigenvalue weighted by atomic mass is 9.90. The van der Waals surface area contributed by atoms with Gasteiger partial charge in [0.15, 0.2) is 0 Å². The van der Waals surface area contributed by atoms with Crippen molar-refractivity contribution < 1.29 is 9.47 Å². The van der Waals surface area contributed by atoms with Gasteiger partial charge < -0.3 is 9.47 Å². The summed E-state index contributed by atoms with van der Waals surface area (Å²) in [6.45, 7) is 6.39. The van der Waals surface area contributed by atoms with Crippen molar-refractivity contribution in [2.24, 2.45) is 5.92 Å². The highest BCUT2D eigenvalue weighted by Crippen LogP contribution is 2.36. The molecule has 1 aromatic rings. The standard InChI is InChI=1S/C14H21ClO2/c1-9(2)14(15)10(3)12-7-6-11(16-4)8-13(12)17-5/h6-10,14H,1-5H3. The van der Waals surface area contributed by atoms with Gasteiger partial charge in [0.1, 0.15) is 11.5 Å². The molecule has 1 aromatic carbocycles. The van der Waals surface area contributed by atoms with Crippen LogP contribution in [0.15, 0.2) is 18.2 Å². The molecule has 0 aliphatic rings. The smallest absolute Gasteiger partial charge is 0.126 e. The van der Waals surface area contributed by atoms with Crippen LogP contribution in [0.2, 0.25) is 0 Å². The predicted molar refractivity (Wildman–Crippen MR) is 72.4 cm³/mol. The minimum atomic E-state index is 0.0947. The number of alkyl halides is 1. The lowest BCUT2D eigenvalue weighted by molar-refractivity contribution is 0.386. The molecule has 17 heavy (non-hydrogen) atoms. The van der Waals surface area contributed by atoms with E-state index in [2.05, 4.69) is 20.8 Å². The van der Waals surface area contributed by atoms with Crippen molar-refractivity contribution in [1.29, 1.82) is 0 Å². The lowest BCUT2D eigenvalue weighted by Gasteiger charge is -2.23. The Balaban J connectivity index is 3.04. The third-order valence-electron chi connectivity index (χ3n) is 3.05. The van der Waals surface area contributed by atoms with Crippen LogP contribution in [0.25, 0.3) is 0 Å². The second-order valence-electron chi connectivity index (χ2n) is 4.58. The highest BCUT2D eigenvalue weighted by molar-refractivity contribution is 6.21. The fraction of sp³-hybridized carbons (Fsp3) is 0.571. The molecule has 1 rings (SSSR count). The maximum atomic E-state index is 6.42. The van der Waals surface area contributed by atoms with E-state index in [4.69, 9.17) is 21.1 Å². The van der Waals surface area contributed by atoms with E-state index < -0.39 is 0 Å². The Kier molecular flexibility index (Phi) is 5.13. The third-order valence-corrected chi connectivity index (χ3v) is 3.93. The molecule has 0 aliphatic heterocycles. The maximum Gasteiger partial charge on any atom is 0.126 e. The Bertz CT molecular complexity index is 363. The Morgan fingerprint density at radius 2 is 1.71 bits per heavy atom. The van der Waals surface area contributed by atoms with Crippen LogP contribution in [0.3, 0.4) is 0 Å². The Morgan fingerprint density at radius 3 is 2.18 bits per heavy atom. The zero-order valence-electron chi connectivity index (χ0n) is 11.2. The van der Waals surface area contributed by atoms with Crippen molar-refractivity contribution in [2.75, 3.05) is 14.2 Å². The molecular formula is C14H21ClO2. The van der Waals surface area contributed by atoms with E-state index in [-0.39, 0.29) is 11.3 Å². The number of benzene rings is 1. The van der Waals surface area contributed by atoms with Gasteiger partial charge in [0, 0.05) is 17.4 Å². The van der Waals surface area contributed by atoms with Gasteiger partial charge in [0.05, 0.1) is 14.2 Å². The van der Waals surface area contributed by atoms with Crippen molar-refractivity contribution >= 4 is 11.6 Å². The van der Waals surface area contributed by atoms with Gasteiger partial charge in [0.2, 0.25) is 0 Å². The van der Waals surface area contributed by atoms with Crippen molar-refractivity contribution in [3.8, 4) is 11.5 Å². The van der Waals surface area contributed by atoms with Crippen LogP contribution in [-0.4, -0.2) is 19.6 Å². The summed E-state index contributed by atoms with van der Waals surface area (Å²) in [6, 6.07) is 5.87. The van der Waals surface area contributed by atoms with Crippen LogP contribution in [0.4, 0.5) is 0 Å². The molecule has 0 spiro atoms. The first kappa shape index (κ1) is 14.2. The minimum absolute atomic E-state index is 0.0947. The lowest BCUT2D eigenvalue weighted by Crippen LogP contribution is -2.16. The van der Waals surface area contributed by atoms with E-state index in [1.165, 1.54) is 0 Å². The zero-order chi connectivity index (χ0) is 13.0. The summed E-state index contributed by atoms with van der Waals surface area (Å²) in [4.78, 5) is 0. The number of hydrogen-bond acceptors (Lipinski definition) is 2. The van der Waals surface area contributed by atoms with Crippen molar-refractivity contribution in [3.05, 3.63) is 23.8 Å². The van der Waals surface area contributed by atoms with Crippen molar-refractivity contribution in [2.45, 2.75) is 32.1 Å². The molecule has 2 nitrogen and oxygen atoms in total. The fourth-order valence-electron chi connectivity index (χ4n) is 1.94. The molecule has 2 unspecified atom stereocenters. The monoisotopic (exact) mass is 256 g/mol. The molecule has 0 heterocycles. The fourth-order valence-corrected chi connectivity index (χ4v) is 2.08. The summed E-state index contributed by atoms with van der Waals surface area (Å²) in [7, 11) is 3.32. The molecule has 3 heteroatoms. The minimum Gasteiger partial charge on any atom is -0.497 e. The van der Waals surface area contributed by atoms with E-state index in [1.54, 1.807) is 14.2 Å². The zero-order valence-corrected chi connectivity index (χ0v) is 11.9. The highest BCUT2D eigenvalue weighted by Gasteiger charge is 2.22. The van der Waals surface area contributed by atoms with Gasteiger partial charge >= 0.3 is 0 Å². The van der Waals surface area contributed by atoms with E-state index in [0.29, 0.717) is 5.92 Å². The van der Waals surface area contributed by atoms with Crippen LogP contribution in [0, 0.1) is 5.92 Å². The molecule has 0 fully saturated rings. The summed E-state index contributed by atoms with van der Waals surface area (Å²) < 4.78 is 10.6. The van der Waals surface area contributed by atoms with Gasteiger partial charge in [-0.15, -0.1) is 11.6 Å². The molecule has 0 saturated carbocycles. The van der Waals surface area contributed by atoms with Crippen LogP contribution < -0.4 is 9.47 Å². The van der Waals surface area contributed by atoms with Crippen LogP contribution in [-0.2, 0) is 0 Å². The highest BCUT2D eigenvalue weighted by atomic mass is 35.5. The molecule has 0 aromatic heterocycles. The first-order valence-corrected chi connectivity index (χ1v) is 6.30. The van der Waals surface area contributed by atoms with E-state index >= 15 is 0 Å². The van der Waals surface area contributed by atoms with Crippen LogP contribution in [0.1, 0.15) is 32.3 Å².